The maximum atomic E-state index is 11.6. The summed E-state index contributed by atoms with van der Waals surface area (Å²) < 4.78 is 27.9. The third kappa shape index (κ3) is 3.26. The van der Waals surface area contributed by atoms with Crippen molar-refractivity contribution in [3.05, 3.63) is 29.3 Å². The summed E-state index contributed by atoms with van der Waals surface area (Å²) in [5.74, 6) is -1.76. The van der Waals surface area contributed by atoms with Crippen molar-refractivity contribution in [2.75, 3.05) is 7.11 Å². The number of nitrogens with one attached hydrogen (secondary N) is 2. The smallest absolute Gasteiger partial charge is 0.328 e. The first-order chi connectivity index (χ1) is 10.2. The second-order valence-electron chi connectivity index (χ2n) is 4.14. The number of rotatable bonds is 3. The summed E-state index contributed by atoms with van der Waals surface area (Å²) in [5.41, 5.74) is -0.127. The van der Waals surface area contributed by atoms with Crippen LogP contribution in [0.2, 0.25) is 0 Å². The van der Waals surface area contributed by atoms with Crippen LogP contribution in [-0.4, -0.2) is 33.4 Å². The van der Waals surface area contributed by atoms with Gasteiger partial charge in [-0.2, -0.15) is 0 Å². The van der Waals surface area contributed by atoms with Gasteiger partial charge in [0.25, 0.3) is 20.9 Å². The van der Waals surface area contributed by atoms with Gasteiger partial charge in [-0.1, -0.05) is 6.07 Å². The highest BCUT2D eigenvalue weighted by Gasteiger charge is 2.28. The van der Waals surface area contributed by atoms with Gasteiger partial charge >= 0.3 is 6.03 Å². The molecule has 8 nitrogen and oxygen atoms in total. The highest BCUT2D eigenvalue weighted by molar-refractivity contribution is 8.13. The average molecular weight is 345 g/mol. The molecule has 0 atom stereocenters. The second kappa shape index (κ2) is 5.78. The summed E-state index contributed by atoms with van der Waals surface area (Å²) in [5, 5.41) is 3.80. The Morgan fingerprint density at radius 3 is 2.23 bits per heavy atom. The van der Waals surface area contributed by atoms with E-state index in [1.807, 2.05) is 10.6 Å². The van der Waals surface area contributed by atoms with Crippen molar-refractivity contribution in [1.82, 2.24) is 10.6 Å². The lowest BCUT2D eigenvalue weighted by Gasteiger charge is -2.14. The number of urea groups is 1. The molecule has 1 aromatic rings. The maximum Gasteiger partial charge on any atom is 0.328 e. The first-order valence-corrected chi connectivity index (χ1v) is 8.04. The van der Waals surface area contributed by atoms with Gasteiger partial charge in [-0.3, -0.25) is 20.2 Å². The molecule has 1 aliphatic rings. The van der Waals surface area contributed by atoms with E-state index in [2.05, 4.69) is 0 Å². The molecule has 4 amide bonds. The van der Waals surface area contributed by atoms with Crippen molar-refractivity contribution in [2.45, 2.75) is 4.90 Å². The molecular weight excluding hydrogens is 336 g/mol. The van der Waals surface area contributed by atoms with Crippen LogP contribution in [0, 0.1) is 0 Å². The van der Waals surface area contributed by atoms with Gasteiger partial charge in [0.1, 0.15) is 16.2 Å². The standard InChI is InChI=1S/C12H9ClN2O6S/c1-21-8-3-2-6(5-9(8)22(13,19)20)4-7-10(16)14-12(18)15-11(7)17/h2-5H,1H3,(H2,14,15,16,17,18). The van der Waals surface area contributed by atoms with Crippen LogP contribution in [0.15, 0.2) is 28.7 Å². The summed E-state index contributed by atoms with van der Waals surface area (Å²) >= 11 is 0. The highest BCUT2D eigenvalue weighted by Crippen LogP contribution is 2.28. The van der Waals surface area contributed by atoms with E-state index < -0.39 is 26.9 Å². The Morgan fingerprint density at radius 1 is 1.14 bits per heavy atom. The van der Waals surface area contributed by atoms with Crippen LogP contribution >= 0.6 is 10.7 Å². The minimum atomic E-state index is -4.08. The number of carbonyl (C=O) groups excluding carboxylic acids is 3. The predicted molar refractivity (Wildman–Crippen MR) is 75.7 cm³/mol. The largest absolute Gasteiger partial charge is 0.495 e. The van der Waals surface area contributed by atoms with Gasteiger partial charge < -0.3 is 4.74 Å². The van der Waals surface area contributed by atoms with E-state index in [0.29, 0.717) is 0 Å². The summed E-state index contributed by atoms with van der Waals surface area (Å²) in [6.07, 6.45) is 1.13. The fourth-order valence-corrected chi connectivity index (χ4v) is 2.78. The zero-order chi connectivity index (χ0) is 16.5. The van der Waals surface area contributed by atoms with Crippen molar-refractivity contribution in [2.24, 2.45) is 0 Å². The number of halogens is 1. The average Bonchev–Trinajstić information content (AvgIpc) is 2.41. The highest BCUT2D eigenvalue weighted by atomic mass is 35.7. The predicted octanol–water partition coefficient (Wildman–Crippen LogP) is 0.372. The third-order valence-electron chi connectivity index (χ3n) is 2.70. The molecule has 22 heavy (non-hydrogen) atoms. The Balaban J connectivity index is 2.50. The minimum absolute atomic E-state index is 0.0184. The maximum absolute atomic E-state index is 11.6. The summed E-state index contributed by atoms with van der Waals surface area (Å²) in [6, 6.07) is 2.97. The Kier molecular flexibility index (Phi) is 4.20. The Labute approximate surface area is 129 Å². The van der Waals surface area contributed by atoms with Crippen molar-refractivity contribution in [1.29, 1.82) is 0 Å². The van der Waals surface area contributed by atoms with Gasteiger partial charge in [-0.15, -0.1) is 0 Å². The first-order valence-electron chi connectivity index (χ1n) is 5.73. The molecule has 1 heterocycles. The topological polar surface area (TPSA) is 119 Å². The van der Waals surface area contributed by atoms with E-state index in [4.69, 9.17) is 15.4 Å². The SMILES string of the molecule is COc1ccc(C=C2C(=O)NC(=O)NC2=O)cc1S(=O)(=O)Cl. The molecule has 0 spiro atoms. The van der Waals surface area contributed by atoms with E-state index >= 15 is 0 Å². The number of amides is 4. The number of ether oxygens (including phenoxy) is 1. The molecular formula is C12H9ClN2O6S. The summed E-state index contributed by atoms with van der Waals surface area (Å²) in [6.45, 7) is 0. The minimum Gasteiger partial charge on any atom is -0.495 e. The van der Waals surface area contributed by atoms with Crippen LogP contribution in [-0.2, 0) is 18.6 Å². The second-order valence-corrected chi connectivity index (χ2v) is 6.68. The molecule has 10 heteroatoms. The normalized spacial score (nSPS) is 15.2. The molecule has 1 aromatic carbocycles. The lowest BCUT2D eigenvalue weighted by atomic mass is 10.1. The zero-order valence-electron chi connectivity index (χ0n) is 11.0. The van der Waals surface area contributed by atoms with Crippen molar-refractivity contribution in [3.63, 3.8) is 0 Å². The van der Waals surface area contributed by atoms with Gasteiger partial charge in [0, 0.05) is 10.7 Å². The van der Waals surface area contributed by atoms with Crippen molar-refractivity contribution in [3.8, 4) is 5.75 Å². The molecule has 0 aliphatic carbocycles. The van der Waals surface area contributed by atoms with Gasteiger partial charge in [0.05, 0.1) is 7.11 Å². The van der Waals surface area contributed by atoms with Crippen LogP contribution in [0.25, 0.3) is 6.08 Å². The molecule has 1 aliphatic heterocycles. The lowest BCUT2D eigenvalue weighted by Crippen LogP contribution is -2.51. The lowest BCUT2D eigenvalue weighted by molar-refractivity contribution is -0.123. The molecule has 1 fully saturated rings. The van der Waals surface area contributed by atoms with Crippen molar-refractivity contribution >= 4 is 43.7 Å². The molecule has 0 aromatic heterocycles. The summed E-state index contributed by atoms with van der Waals surface area (Å²) in [7, 11) is 2.49. The molecule has 1 saturated heterocycles. The summed E-state index contributed by atoms with van der Waals surface area (Å²) in [4.78, 5) is 33.8. The van der Waals surface area contributed by atoms with Crippen molar-refractivity contribution < 1.29 is 27.5 Å². The number of hydrogen-bond acceptors (Lipinski definition) is 6. The fraction of sp³-hybridized carbons (Fsp3) is 0.0833. The Hall–Kier alpha value is -2.39. The van der Waals surface area contributed by atoms with E-state index in [1.54, 1.807) is 0 Å². The number of carbonyl (C=O) groups is 3. The van der Waals surface area contributed by atoms with E-state index in [9.17, 15) is 22.8 Å². The third-order valence-corrected chi connectivity index (χ3v) is 4.05. The fourth-order valence-electron chi connectivity index (χ4n) is 1.75. The van der Waals surface area contributed by atoms with Crippen LogP contribution in [0.3, 0.4) is 0 Å². The van der Waals surface area contributed by atoms with Gasteiger partial charge in [0.15, 0.2) is 0 Å². The van der Waals surface area contributed by atoms with Gasteiger partial charge in [-0.25, -0.2) is 13.2 Å². The van der Waals surface area contributed by atoms with E-state index in [1.165, 1.54) is 19.2 Å². The first kappa shape index (κ1) is 16.0. The quantitative estimate of drug-likeness (QED) is 0.464. The van der Waals surface area contributed by atoms with E-state index in [-0.39, 0.29) is 21.8 Å². The molecule has 0 bridgehead atoms. The number of hydrogen-bond donors (Lipinski definition) is 2. The molecule has 2 rings (SSSR count). The van der Waals surface area contributed by atoms with Crippen LogP contribution in [0.5, 0.6) is 5.75 Å². The van der Waals surface area contributed by atoms with Gasteiger partial charge in [-0.05, 0) is 23.8 Å². The van der Waals surface area contributed by atoms with Crippen LogP contribution in [0.1, 0.15) is 5.56 Å². The Bertz CT molecular complexity index is 793. The number of barbiturate groups is 1. The number of benzene rings is 1. The van der Waals surface area contributed by atoms with Crippen LogP contribution in [0.4, 0.5) is 4.79 Å². The molecule has 0 unspecified atom stereocenters. The van der Waals surface area contributed by atoms with Crippen LogP contribution < -0.4 is 15.4 Å². The monoisotopic (exact) mass is 344 g/mol. The molecule has 0 radical (unpaired) electrons. The molecule has 0 saturated carbocycles. The molecule has 2 N–H and O–H groups in total. The molecule has 116 valence electrons. The number of imide groups is 2. The number of methoxy groups -OCH3 is 1. The zero-order valence-corrected chi connectivity index (χ0v) is 12.6. The van der Waals surface area contributed by atoms with E-state index in [0.717, 1.165) is 12.1 Å². The Morgan fingerprint density at radius 2 is 1.73 bits per heavy atom. The van der Waals surface area contributed by atoms with Gasteiger partial charge in [0.2, 0.25) is 0 Å².